The summed E-state index contributed by atoms with van der Waals surface area (Å²) in [6.07, 6.45) is 0. The van der Waals surface area contributed by atoms with Gasteiger partial charge in [-0.15, -0.1) is 0 Å². The van der Waals surface area contributed by atoms with Gasteiger partial charge in [0.05, 0.1) is 12.2 Å². The van der Waals surface area contributed by atoms with E-state index < -0.39 is 0 Å². The second-order valence-electron chi connectivity index (χ2n) is 6.17. The lowest BCUT2D eigenvalue weighted by atomic mass is 10.0. The van der Waals surface area contributed by atoms with Gasteiger partial charge in [-0.3, -0.25) is 4.79 Å². The molecule has 0 radical (unpaired) electrons. The van der Waals surface area contributed by atoms with Crippen molar-refractivity contribution in [2.24, 2.45) is 0 Å². The highest BCUT2D eigenvalue weighted by Gasteiger charge is 2.08. The zero-order valence-corrected chi connectivity index (χ0v) is 14.0. The van der Waals surface area contributed by atoms with Gasteiger partial charge in [0.1, 0.15) is 0 Å². The van der Waals surface area contributed by atoms with Crippen molar-refractivity contribution in [3.05, 3.63) is 100 Å². The van der Waals surface area contributed by atoms with Crippen LogP contribution in [0.3, 0.4) is 0 Å². The molecule has 0 aliphatic rings. The van der Waals surface area contributed by atoms with E-state index in [1.807, 2.05) is 42.5 Å². The molecule has 0 amide bonds. The molecule has 25 heavy (non-hydrogen) atoms. The van der Waals surface area contributed by atoms with Gasteiger partial charge in [0.25, 0.3) is 5.56 Å². The van der Waals surface area contributed by atoms with Crippen molar-refractivity contribution >= 4 is 10.8 Å². The molecule has 0 aliphatic carbocycles. The quantitative estimate of drug-likeness (QED) is 0.558. The van der Waals surface area contributed by atoms with E-state index in [-0.39, 0.29) is 5.56 Å². The summed E-state index contributed by atoms with van der Waals surface area (Å²) in [6.45, 7) is 2.53. The van der Waals surface area contributed by atoms with E-state index >= 15 is 0 Å². The minimum absolute atomic E-state index is 0.0905. The maximum atomic E-state index is 12.3. The molecule has 4 aromatic rings. The summed E-state index contributed by atoms with van der Waals surface area (Å²) >= 11 is 0. The largest absolute Gasteiger partial charge is 0.268 e. The first kappa shape index (κ1) is 15.3. The molecule has 0 fully saturated rings. The molecule has 1 heterocycles. The van der Waals surface area contributed by atoms with Gasteiger partial charge in [0, 0.05) is 11.6 Å². The molecule has 3 heteroatoms. The lowest BCUT2D eigenvalue weighted by molar-refractivity contribution is 0.641. The summed E-state index contributed by atoms with van der Waals surface area (Å²) in [4.78, 5) is 12.3. The average molecular weight is 326 g/mol. The van der Waals surface area contributed by atoms with Crippen LogP contribution >= 0.6 is 0 Å². The number of fused-ring (bicyclic) bond motifs is 1. The van der Waals surface area contributed by atoms with Crippen LogP contribution < -0.4 is 5.56 Å². The SMILES string of the molecule is Cc1ccccc1Cn1nc(-c2cccc3ccccc23)ccc1=O. The first-order chi connectivity index (χ1) is 12.2. The molecule has 0 spiro atoms. The minimum atomic E-state index is -0.0905. The maximum Gasteiger partial charge on any atom is 0.267 e. The lowest BCUT2D eigenvalue weighted by Gasteiger charge is -2.10. The molecule has 0 saturated carbocycles. The zero-order valence-electron chi connectivity index (χ0n) is 14.0. The van der Waals surface area contributed by atoms with Crippen molar-refractivity contribution in [1.82, 2.24) is 9.78 Å². The number of nitrogens with zero attached hydrogens (tertiary/aromatic N) is 2. The van der Waals surface area contributed by atoms with Crippen LogP contribution in [0.1, 0.15) is 11.1 Å². The Labute approximate surface area is 146 Å². The van der Waals surface area contributed by atoms with Crippen molar-refractivity contribution in [3.8, 4) is 11.3 Å². The minimum Gasteiger partial charge on any atom is -0.268 e. The number of hydrogen-bond donors (Lipinski definition) is 0. The van der Waals surface area contributed by atoms with Crippen LogP contribution in [0.5, 0.6) is 0 Å². The van der Waals surface area contributed by atoms with E-state index in [1.54, 1.807) is 16.8 Å². The summed E-state index contributed by atoms with van der Waals surface area (Å²) in [5.41, 5.74) is 4.02. The highest BCUT2D eigenvalue weighted by Crippen LogP contribution is 2.26. The number of rotatable bonds is 3. The van der Waals surface area contributed by atoms with Gasteiger partial charge in [0.15, 0.2) is 0 Å². The Balaban J connectivity index is 1.82. The summed E-state index contributed by atoms with van der Waals surface area (Å²) in [5, 5.41) is 6.94. The summed E-state index contributed by atoms with van der Waals surface area (Å²) < 4.78 is 1.54. The van der Waals surface area contributed by atoms with E-state index in [1.165, 1.54) is 5.39 Å². The van der Waals surface area contributed by atoms with Gasteiger partial charge in [-0.05, 0) is 34.9 Å². The summed E-state index contributed by atoms with van der Waals surface area (Å²) in [5.74, 6) is 0. The highest BCUT2D eigenvalue weighted by molar-refractivity contribution is 5.95. The predicted molar refractivity (Wildman–Crippen MR) is 102 cm³/mol. The molecule has 0 aliphatic heterocycles. The van der Waals surface area contributed by atoms with Gasteiger partial charge in [0.2, 0.25) is 0 Å². The van der Waals surface area contributed by atoms with Crippen LogP contribution in [-0.2, 0) is 6.54 Å². The van der Waals surface area contributed by atoms with Gasteiger partial charge >= 0.3 is 0 Å². The molecule has 0 atom stereocenters. The zero-order chi connectivity index (χ0) is 17.2. The third-order valence-electron chi connectivity index (χ3n) is 4.51. The molecule has 3 nitrogen and oxygen atoms in total. The van der Waals surface area contributed by atoms with E-state index in [0.29, 0.717) is 6.54 Å². The van der Waals surface area contributed by atoms with Gasteiger partial charge < -0.3 is 0 Å². The van der Waals surface area contributed by atoms with Crippen LogP contribution in [0.15, 0.2) is 83.7 Å². The second kappa shape index (κ2) is 6.36. The van der Waals surface area contributed by atoms with Crippen LogP contribution in [0, 0.1) is 6.92 Å². The van der Waals surface area contributed by atoms with Crippen LogP contribution in [0.25, 0.3) is 22.0 Å². The van der Waals surface area contributed by atoms with Crippen molar-refractivity contribution in [3.63, 3.8) is 0 Å². The molecular formula is C22H18N2O. The Bertz CT molecular complexity index is 1110. The van der Waals surface area contributed by atoms with E-state index in [9.17, 15) is 4.79 Å². The smallest absolute Gasteiger partial charge is 0.267 e. The van der Waals surface area contributed by atoms with Crippen molar-refractivity contribution < 1.29 is 0 Å². The maximum absolute atomic E-state index is 12.3. The fourth-order valence-electron chi connectivity index (χ4n) is 3.10. The Hall–Kier alpha value is -3.20. The Morgan fingerprint density at radius 2 is 1.60 bits per heavy atom. The summed E-state index contributed by atoms with van der Waals surface area (Å²) in [7, 11) is 0. The Kier molecular flexibility index (Phi) is 3.90. The molecule has 4 rings (SSSR count). The first-order valence-electron chi connectivity index (χ1n) is 8.33. The Morgan fingerprint density at radius 1 is 0.840 bits per heavy atom. The van der Waals surface area contributed by atoms with Crippen molar-refractivity contribution in [2.75, 3.05) is 0 Å². The number of aryl methyl sites for hydroxylation is 1. The van der Waals surface area contributed by atoms with Crippen LogP contribution in [0.4, 0.5) is 0 Å². The molecule has 0 bridgehead atoms. The van der Waals surface area contributed by atoms with E-state index in [0.717, 1.165) is 27.8 Å². The standard InChI is InChI=1S/C22H18N2O/c1-16-7-2-3-9-18(16)15-24-22(25)14-13-21(23-24)20-12-6-10-17-8-4-5-11-19(17)20/h2-14H,15H2,1H3. The Morgan fingerprint density at radius 3 is 2.48 bits per heavy atom. The molecule has 122 valence electrons. The third-order valence-corrected chi connectivity index (χ3v) is 4.51. The van der Waals surface area contributed by atoms with Crippen molar-refractivity contribution in [2.45, 2.75) is 13.5 Å². The first-order valence-corrected chi connectivity index (χ1v) is 8.33. The molecule has 0 N–H and O–H groups in total. The molecular weight excluding hydrogens is 308 g/mol. The van der Waals surface area contributed by atoms with Gasteiger partial charge in [-0.2, -0.15) is 5.10 Å². The van der Waals surface area contributed by atoms with E-state index in [4.69, 9.17) is 0 Å². The van der Waals surface area contributed by atoms with Gasteiger partial charge in [-0.1, -0.05) is 66.7 Å². The molecule has 0 unspecified atom stereocenters. The topological polar surface area (TPSA) is 34.9 Å². The fraction of sp³-hybridized carbons (Fsp3) is 0.0909. The van der Waals surface area contributed by atoms with Crippen LogP contribution in [-0.4, -0.2) is 9.78 Å². The normalized spacial score (nSPS) is 10.9. The number of benzene rings is 3. The fourth-order valence-corrected chi connectivity index (χ4v) is 3.10. The van der Waals surface area contributed by atoms with E-state index in [2.05, 4.69) is 36.3 Å². The number of aromatic nitrogens is 2. The predicted octanol–water partition coefficient (Wildman–Crippen LogP) is 4.42. The average Bonchev–Trinajstić information content (AvgIpc) is 2.65. The number of hydrogen-bond acceptors (Lipinski definition) is 2. The molecule has 0 saturated heterocycles. The third kappa shape index (κ3) is 2.96. The summed E-state index contributed by atoms with van der Waals surface area (Å²) in [6, 6.07) is 25.9. The lowest BCUT2D eigenvalue weighted by Crippen LogP contribution is -2.23. The van der Waals surface area contributed by atoms with Crippen molar-refractivity contribution in [1.29, 1.82) is 0 Å². The highest BCUT2D eigenvalue weighted by atomic mass is 16.1. The van der Waals surface area contributed by atoms with Gasteiger partial charge in [-0.25, -0.2) is 4.68 Å². The second-order valence-corrected chi connectivity index (χ2v) is 6.17. The monoisotopic (exact) mass is 326 g/mol. The van der Waals surface area contributed by atoms with Crippen LogP contribution in [0.2, 0.25) is 0 Å². The molecule has 3 aromatic carbocycles. The molecule has 1 aromatic heterocycles.